The van der Waals surface area contributed by atoms with Gasteiger partial charge in [-0.05, 0) is 51.2 Å². The summed E-state index contributed by atoms with van der Waals surface area (Å²) in [5, 5.41) is 9.10. The van der Waals surface area contributed by atoms with Crippen LogP contribution in [0.5, 0.6) is 0 Å². The normalized spacial score (nSPS) is 12.1. The van der Waals surface area contributed by atoms with Crippen molar-refractivity contribution in [2.24, 2.45) is 0 Å². The summed E-state index contributed by atoms with van der Waals surface area (Å²) in [7, 11) is 1.88. The first-order chi connectivity index (χ1) is 16.5. The summed E-state index contributed by atoms with van der Waals surface area (Å²) < 4.78 is 2.64. The molecule has 1 unspecified atom stereocenters. The Kier molecular flexibility index (Phi) is 8.15. The largest absolute Gasteiger partial charge is 0.320 e. The average molecular weight is 559 g/mol. The highest BCUT2D eigenvalue weighted by Gasteiger charge is 2.20. The van der Waals surface area contributed by atoms with Crippen LogP contribution in [0.15, 0.2) is 68.3 Å². The molecule has 0 saturated carbocycles. The van der Waals surface area contributed by atoms with Gasteiger partial charge in [-0.1, -0.05) is 52.0 Å². The maximum atomic E-state index is 13.1. The zero-order valence-electron chi connectivity index (χ0n) is 18.7. The maximum Gasteiger partial charge on any atom is 0.262 e. The van der Waals surface area contributed by atoms with Gasteiger partial charge in [-0.25, -0.2) is 9.97 Å². The molecule has 0 fully saturated rings. The fourth-order valence-electron chi connectivity index (χ4n) is 3.38. The standard InChI is InChI=1S/C24H24BrN5O2S2/c1-15(21(31)29-23-27-20(14-33-23)16-7-5-8-17(25)13-16)34-24-28-19-10-4-3-9-18(19)22(32)30(24)12-6-11-26-2/h3-5,7-10,13-15,26H,6,11-12H2,1-2H3,(H,27,29,31). The third-order valence-corrected chi connectivity index (χ3v) is 7.48. The molecule has 4 rings (SSSR count). The molecule has 2 aromatic heterocycles. The van der Waals surface area contributed by atoms with Gasteiger partial charge in [-0.2, -0.15) is 0 Å². The smallest absolute Gasteiger partial charge is 0.262 e. The molecular weight excluding hydrogens is 534 g/mol. The quantitative estimate of drug-likeness (QED) is 0.171. The van der Waals surface area contributed by atoms with Gasteiger partial charge in [-0.15, -0.1) is 11.3 Å². The summed E-state index contributed by atoms with van der Waals surface area (Å²) in [5.41, 5.74) is 2.32. The van der Waals surface area contributed by atoms with Crippen molar-refractivity contribution < 1.29 is 4.79 Å². The number of carbonyl (C=O) groups is 1. The van der Waals surface area contributed by atoms with E-state index in [4.69, 9.17) is 4.98 Å². The summed E-state index contributed by atoms with van der Waals surface area (Å²) in [4.78, 5) is 35.3. The molecule has 2 N–H and O–H groups in total. The highest BCUT2D eigenvalue weighted by atomic mass is 79.9. The van der Waals surface area contributed by atoms with Crippen molar-refractivity contribution >= 4 is 61.0 Å². The fourth-order valence-corrected chi connectivity index (χ4v) is 5.44. The molecule has 0 spiro atoms. The number of amides is 1. The predicted molar refractivity (Wildman–Crippen MR) is 144 cm³/mol. The van der Waals surface area contributed by atoms with Gasteiger partial charge in [0.1, 0.15) is 0 Å². The van der Waals surface area contributed by atoms with Crippen LogP contribution in [-0.4, -0.2) is 39.3 Å². The second-order valence-corrected chi connectivity index (χ2v) is 10.7. The molecule has 2 aromatic carbocycles. The Morgan fingerprint density at radius 1 is 1.21 bits per heavy atom. The van der Waals surface area contributed by atoms with Crippen LogP contribution in [0.2, 0.25) is 0 Å². The molecule has 0 aliphatic rings. The number of thiazole rings is 1. The SMILES string of the molecule is CNCCCn1c(SC(C)C(=O)Nc2nc(-c3cccc(Br)c3)cs2)nc2ccccc2c1=O. The molecule has 7 nitrogen and oxygen atoms in total. The number of nitrogens with zero attached hydrogens (tertiary/aromatic N) is 3. The second-order valence-electron chi connectivity index (χ2n) is 7.62. The molecule has 4 aromatic rings. The van der Waals surface area contributed by atoms with Crippen molar-refractivity contribution in [3.05, 3.63) is 68.7 Å². The lowest BCUT2D eigenvalue weighted by molar-refractivity contribution is -0.115. The lowest BCUT2D eigenvalue weighted by atomic mass is 10.2. The van der Waals surface area contributed by atoms with Gasteiger partial charge in [0.2, 0.25) is 5.91 Å². The fraction of sp³-hybridized carbons (Fsp3) is 0.250. The molecule has 1 amide bonds. The van der Waals surface area contributed by atoms with Crippen LogP contribution in [0.25, 0.3) is 22.2 Å². The lowest BCUT2D eigenvalue weighted by Gasteiger charge is -2.16. The van der Waals surface area contributed by atoms with Crippen LogP contribution in [0, 0.1) is 0 Å². The minimum Gasteiger partial charge on any atom is -0.320 e. The molecule has 0 aliphatic carbocycles. The number of fused-ring (bicyclic) bond motifs is 1. The monoisotopic (exact) mass is 557 g/mol. The predicted octanol–water partition coefficient (Wildman–Crippen LogP) is 5.01. The van der Waals surface area contributed by atoms with Crippen molar-refractivity contribution in [1.82, 2.24) is 19.9 Å². The lowest BCUT2D eigenvalue weighted by Crippen LogP contribution is -2.28. The Morgan fingerprint density at radius 2 is 2.03 bits per heavy atom. The van der Waals surface area contributed by atoms with E-state index in [9.17, 15) is 9.59 Å². The molecule has 0 radical (unpaired) electrons. The number of aromatic nitrogens is 3. The van der Waals surface area contributed by atoms with Gasteiger partial charge in [0.15, 0.2) is 10.3 Å². The maximum absolute atomic E-state index is 13.1. The van der Waals surface area contributed by atoms with Crippen LogP contribution in [0.4, 0.5) is 5.13 Å². The first-order valence-electron chi connectivity index (χ1n) is 10.8. The number of halogens is 1. The van der Waals surface area contributed by atoms with Crippen molar-refractivity contribution in [3.63, 3.8) is 0 Å². The summed E-state index contributed by atoms with van der Waals surface area (Å²) in [6.45, 7) is 3.11. The molecule has 0 bridgehead atoms. The van der Waals surface area contributed by atoms with Gasteiger partial charge in [0.25, 0.3) is 5.56 Å². The highest BCUT2D eigenvalue weighted by molar-refractivity contribution is 9.10. The van der Waals surface area contributed by atoms with Gasteiger partial charge in [0.05, 0.1) is 21.8 Å². The Balaban J connectivity index is 1.52. The van der Waals surface area contributed by atoms with E-state index in [1.165, 1.54) is 23.1 Å². The first-order valence-corrected chi connectivity index (χ1v) is 13.3. The van der Waals surface area contributed by atoms with E-state index in [0.29, 0.717) is 27.7 Å². The minimum atomic E-state index is -0.471. The van der Waals surface area contributed by atoms with E-state index in [-0.39, 0.29) is 11.5 Å². The van der Waals surface area contributed by atoms with E-state index >= 15 is 0 Å². The number of para-hydroxylation sites is 1. The molecule has 0 saturated heterocycles. The third-order valence-electron chi connectivity index (χ3n) is 5.14. The Labute approximate surface area is 214 Å². The molecule has 34 heavy (non-hydrogen) atoms. The number of rotatable bonds is 9. The van der Waals surface area contributed by atoms with E-state index < -0.39 is 5.25 Å². The highest BCUT2D eigenvalue weighted by Crippen LogP contribution is 2.28. The number of nitrogens with one attached hydrogen (secondary N) is 2. The Bertz CT molecular complexity index is 1370. The van der Waals surface area contributed by atoms with E-state index in [1.54, 1.807) is 10.6 Å². The molecule has 1 atom stereocenters. The zero-order valence-corrected chi connectivity index (χ0v) is 22.0. The van der Waals surface area contributed by atoms with Gasteiger partial charge < -0.3 is 10.6 Å². The summed E-state index contributed by atoms with van der Waals surface area (Å²) in [6.07, 6.45) is 0.780. The summed E-state index contributed by atoms with van der Waals surface area (Å²) in [6, 6.07) is 15.2. The van der Waals surface area contributed by atoms with Crippen LogP contribution in [0.3, 0.4) is 0 Å². The van der Waals surface area contributed by atoms with Crippen molar-refractivity contribution in [3.8, 4) is 11.3 Å². The van der Waals surface area contributed by atoms with Gasteiger partial charge in [0, 0.05) is 22.0 Å². The third kappa shape index (κ3) is 5.75. The van der Waals surface area contributed by atoms with Crippen molar-refractivity contribution in [1.29, 1.82) is 0 Å². The molecule has 0 aliphatic heterocycles. The average Bonchev–Trinajstić information content (AvgIpc) is 3.29. The molecular formula is C24H24BrN5O2S2. The topological polar surface area (TPSA) is 88.9 Å². The number of carbonyl (C=O) groups excluding carboxylic acids is 1. The van der Waals surface area contributed by atoms with Crippen LogP contribution >= 0.6 is 39.0 Å². The number of hydrogen-bond donors (Lipinski definition) is 2. The van der Waals surface area contributed by atoms with Crippen LogP contribution < -0.4 is 16.2 Å². The van der Waals surface area contributed by atoms with E-state index in [2.05, 4.69) is 31.5 Å². The van der Waals surface area contributed by atoms with Crippen LogP contribution in [-0.2, 0) is 11.3 Å². The molecule has 10 heteroatoms. The second kappa shape index (κ2) is 11.3. The zero-order chi connectivity index (χ0) is 24.1. The Hall–Kier alpha value is -2.53. The van der Waals surface area contributed by atoms with Gasteiger partial charge in [-0.3, -0.25) is 14.2 Å². The first kappa shape index (κ1) is 24.6. The minimum absolute atomic E-state index is 0.0876. The number of hydrogen-bond acceptors (Lipinski definition) is 7. The van der Waals surface area contributed by atoms with E-state index in [1.807, 2.05) is 61.8 Å². The number of benzene rings is 2. The summed E-state index contributed by atoms with van der Waals surface area (Å²) >= 11 is 6.13. The number of anilines is 1. The molecule has 2 heterocycles. The molecule has 176 valence electrons. The van der Waals surface area contributed by atoms with Gasteiger partial charge >= 0.3 is 0 Å². The van der Waals surface area contributed by atoms with Crippen LogP contribution in [0.1, 0.15) is 13.3 Å². The summed E-state index contributed by atoms with van der Waals surface area (Å²) in [5.74, 6) is -0.190. The van der Waals surface area contributed by atoms with Crippen molar-refractivity contribution in [2.45, 2.75) is 30.3 Å². The number of thioether (sulfide) groups is 1. The Morgan fingerprint density at radius 3 is 2.82 bits per heavy atom. The van der Waals surface area contributed by atoms with Crippen molar-refractivity contribution in [2.75, 3.05) is 18.9 Å². The van der Waals surface area contributed by atoms with E-state index in [0.717, 1.165) is 28.7 Å².